The summed E-state index contributed by atoms with van der Waals surface area (Å²) in [5.74, 6) is 0.336. The largest absolute Gasteiger partial charge is 0.508 e. The Kier molecular flexibility index (Phi) is 4.03. The van der Waals surface area contributed by atoms with Crippen molar-refractivity contribution in [2.75, 3.05) is 6.54 Å². The predicted molar refractivity (Wildman–Crippen MR) is 81.9 cm³/mol. The molecule has 0 spiro atoms. The van der Waals surface area contributed by atoms with Gasteiger partial charge in [-0.25, -0.2) is 0 Å². The highest BCUT2D eigenvalue weighted by Crippen LogP contribution is 2.29. The van der Waals surface area contributed by atoms with Gasteiger partial charge in [-0.3, -0.25) is 0 Å². The number of phenols is 1. The van der Waals surface area contributed by atoms with Gasteiger partial charge < -0.3 is 10.4 Å². The first-order chi connectivity index (χ1) is 9.83. The molecule has 1 aliphatic carbocycles. The van der Waals surface area contributed by atoms with Gasteiger partial charge in [0.1, 0.15) is 5.75 Å². The Morgan fingerprint density at radius 3 is 2.70 bits per heavy atom. The summed E-state index contributed by atoms with van der Waals surface area (Å²) < 4.78 is 0. The fourth-order valence-electron chi connectivity index (χ4n) is 3.02. The molecule has 0 aromatic heterocycles. The molecule has 0 bridgehead atoms. The maximum atomic E-state index is 9.28. The lowest BCUT2D eigenvalue weighted by molar-refractivity contribution is 0.462. The Hall–Kier alpha value is -1.80. The molecule has 0 aliphatic heterocycles. The molecule has 2 aromatic carbocycles. The SMILES string of the molecule is Oc1ccc(CCNC2CCCc3ccccc32)cc1. The van der Waals surface area contributed by atoms with E-state index in [1.165, 1.54) is 36.0 Å². The van der Waals surface area contributed by atoms with E-state index in [2.05, 4.69) is 29.6 Å². The number of aromatic hydroxyl groups is 1. The van der Waals surface area contributed by atoms with Gasteiger partial charge in [-0.1, -0.05) is 36.4 Å². The highest BCUT2D eigenvalue weighted by molar-refractivity contribution is 5.32. The van der Waals surface area contributed by atoms with E-state index in [9.17, 15) is 5.11 Å². The third kappa shape index (κ3) is 3.02. The standard InChI is InChI=1S/C18H21NO/c20-16-10-8-14(9-11-16)12-13-19-18-7-3-5-15-4-1-2-6-17(15)18/h1-2,4,6,8-11,18-20H,3,5,7,12-13H2. The Morgan fingerprint density at radius 1 is 1.05 bits per heavy atom. The van der Waals surface area contributed by atoms with E-state index in [4.69, 9.17) is 0 Å². The van der Waals surface area contributed by atoms with Crippen LogP contribution in [0.15, 0.2) is 48.5 Å². The zero-order valence-electron chi connectivity index (χ0n) is 11.7. The summed E-state index contributed by atoms with van der Waals surface area (Å²) in [6, 6.07) is 16.8. The Labute approximate surface area is 120 Å². The molecule has 1 aliphatic rings. The maximum Gasteiger partial charge on any atom is 0.115 e. The van der Waals surface area contributed by atoms with E-state index in [1.807, 2.05) is 12.1 Å². The first-order valence-electron chi connectivity index (χ1n) is 7.42. The van der Waals surface area contributed by atoms with Crippen LogP contribution >= 0.6 is 0 Å². The summed E-state index contributed by atoms with van der Waals surface area (Å²) in [5.41, 5.74) is 4.24. The molecule has 0 radical (unpaired) electrons. The lowest BCUT2D eigenvalue weighted by Gasteiger charge is -2.26. The first kappa shape index (κ1) is 13.2. The predicted octanol–water partition coefficient (Wildman–Crippen LogP) is 3.60. The third-order valence-electron chi connectivity index (χ3n) is 4.11. The molecule has 0 saturated carbocycles. The molecule has 2 aromatic rings. The highest BCUT2D eigenvalue weighted by Gasteiger charge is 2.18. The van der Waals surface area contributed by atoms with Crippen LogP contribution < -0.4 is 5.32 Å². The molecule has 0 saturated heterocycles. The van der Waals surface area contributed by atoms with Gasteiger partial charge in [0.05, 0.1) is 0 Å². The Balaban J connectivity index is 1.58. The molecule has 2 nitrogen and oxygen atoms in total. The fraction of sp³-hybridized carbons (Fsp3) is 0.333. The van der Waals surface area contributed by atoms with Crippen molar-refractivity contribution in [3.8, 4) is 5.75 Å². The summed E-state index contributed by atoms with van der Waals surface area (Å²) in [6.45, 7) is 0.976. The minimum absolute atomic E-state index is 0.336. The molecule has 0 fully saturated rings. The Morgan fingerprint density at radius 2 is 1.85 bits per heavy atom. The van der Waals surface area contributed by atoms with Crippen LogP contribution in [0.4, 0.5) is 0 Å². The van der Waals surface area contributed by atoms with Gasteiger partial charge in [0.2, 0.25) is 0 Å². The number of nitrogens with one attached hydrogen (secondary N) is 1. The minimum Gasteiger partial charge on any atom is -0.508 e. The van der Waals surface area contributed by atoms with Gasteiger partial charge in [0.25, 0.3) is 0 Å². The average molecular weight is 267 g/mol. The van der Waals surface area contributed by atoms with E-state index in [-0.39, 0.29) is 0 Å². The van der Waals surface area contributed by atoms with Crippen molar-refractivity contribution >= 4 is 0 Å². The smallest absolute Gasteiger partial charge is 0.115 e. The van der Waals surface area contributed by atoms with E-state index in [0.717, 1.165) is 13.0 Å². The molecule has 104 valence electrons. The summed E-state index contributed by atoms with van der Waals surface area (Å²) in [7, 11) is 0. The van der Waals surface area contributed by atoms with E-state index in [0.29, 0.717) is 11.8 Å². The number of benzene rings is 2. The van der Waals surface area contributed by atoms with Crippen molar-refractivity contribution in [1.29, 1.82) is 0 Å². The molecule has 2 heteroatoms. The van der Waals surface area contributed by atoms with Crippen molar-refractivity contribution in [3.05, 3.63) is 65.2 Å². The van der Waals surface area contributed by atoms with Crippen LogP contribution in [0.2, 0.25) is 0 Å². The van der Waals surface area contributed by atoms with Crippen LogP contribution in [-0.2, 0) is 12.8 Å². The number of aryl methyl sites for hydroxylation is 1. The van der Waals surface area contributed by atoms with Gasteiger partial charge in [0, 0.05) is 6.04 Å². The summed E-state index contributed by atoms with van der Waals surface area (Å²) in [4.78, 5) is 0. The lowest BCUT2D eigenvalue weighted by atomic mass is 9.87. The van der Waals surface area contributed by atoms with Crippen LogP contribution in [0.5, 0.6) is 5.75 Å². The average Bonchev–Trinajstić information content (AvgIpc) is 2.49. The topological polar surface area (TPSA) is 32.3 Å². The van der Waals surface area contributed by atoms with Crippen LogP contribution in [0.3, 0.4) is 0 Å². The molecule has 2 N–H and O–H groups in total. The molecular formula is C18H21NO. The quantitative estimate of drug-likeness (QED) is 0.887. The summed E-state index contributed by atoms with van der Waals surface area (Å²) in [6.07, 6.45) is 4.71. The van der Waals surface area contributed by atoms with E-state index >= 15 is 0 Å². The number of hydrogen-bond acceptors (Lipinski definition) is 2. The van der Waals surface area contributed by atoms with Gasteiger partial charge in [-0.2, -0.15) is 0 Å². The van der Waals surface area contributed by atoms with Gasteiger partial charge in [0.15, 0.2) is 0 Å². The highest BCUT2D eigenvalue weighted by atomic mass is 16.3. The molecule has 0 amide bonds. The molecule has 1 atom stereocenters. The lowest BCUT2D eigenvalue weighted by Crippen LogP contribution is -2.27. The van der Waals surface area contributed by atoms with Crippen LogP contribution in [-0.4, -0.2) is 11.7 Å². The maximum absolute atomic E-state index is 9.28. The second kappa shape index (κ2) is 6.10. The molecule has 0 heterocycles. The van der Waals surface area contributed by atoms with Crippen molar-refractivity contribution in [3.63, 3.8) is 0 Å². The van der Waals surface area contributed by atoms with E-state index < -0.39 is 0 Å². The fourth-order valence-corrected chi connectivity index (χ4v) is 3.02. The van der Waals surface area contributed by atoms with E-state index in [1.54, 1.807) is 12.1 Å². The summed E-state index contributed by atoms with van der Waals surface area (Å²) in [5, 5.41) is 13.0. The minimum atomic E-state index is 0.336. The van der Waals surface area contributed by atoms with Crippen molar-refractivity contribution < 1.29 is 5.11 Å². The van der Waals surface area contributed by atoms with Gasteiger partial charge in [-0.05, 0) is 61.1 Å². The molecule has 20 heavy (non-hydrogen) atoms. The summed E-state index contributed by atoms with van der Waals surface area (Å²) >= 11 is 0. The second-order valence-corrected chi connectivity index (χ2v) is 5.51. The molecular weight excluding hydrogens is 246 g/mol. The zero-order valence-corrected chi connectivity index (χ0v) is 11.7. The number of fused-ring (bicyclic) bond motifs is 1. The Bertz CT molecular complexity index is 562. The first-order valence-corrected chi connectivity index (χ1v) is 7.42. The van der Waals surface area contributed by atoms with Crippen molar-refractivity contribution in [2.45, 2.75) is 31.7 Å². The zero-order chi connectivity index (χ0) is 13.8. The molecule has 1 unspecified atom stereocenters. The van der Waals surface area contributed by atoms with Crippen LogP contribution in [0.25, 0.3) is 0 Å². The number of phenolic OH excluding ortho intramolecular Hbond substituents is 1. The third-order valence-corrected chi connectivity index (χ3v) is 4.11. The van der Waals surface area contributed by atoms with Crippen molar-refractivity contribution in [2.24, 2.45) is 0 Å². The van der Waals surface area contributed by atoms with Gasteiger partial charge in [-0.15, -0.1) is 0 Å². The van der Waals surface area contributed by atoms with Crippen LogP contribution in [0.1, 0.15) is 35.6 Å². The normalized spacial score (nSPS) is 17.7. The second-order valence-electron chi connectivity index (χ2n) is 5.51. The molecule has 3 rings (SSSR count). The number of rotatable bonds is 4. The number of hydrogen-bond donors (Lipinski definition) is 2. The van der Waals surface area contributed by atoms with Gasteiger partial charge >= 0.3 is 0 Å². The monoisotopic (exact) mass is 267 g/mol. The van der Waals surface area contributed by atoms with Crippen molar-refractivity contribution in [1.82, 2.24) is 5.32 Å². The van der Waals surface area contributed by atoms with Crippen LogP contribution in [0, 0.1) is 0 Å².